The van der Waals surface area contributed by atoms with Crippen LogP contribution in [0.25, 0.3) is 22.0 Å². The molecule has 37 heavy (non-hydrogen) atoms. The summed E-state index contributed by atoms with van der Waals surface area (Å²) in [5, 5.41) is 1.65. The van der Waals surface area contributed by atoms with Gasteiger partial charge in [-0.05, 0) is 61.2 Å². The van der Waals surface area contributed by atoms with Crippen LogP contribution in [0.4, 0.5) is 0 Å². The minimum atomic E-state index is -3.59. The maximum absolute atomic E-state index is 13.8. The zero-order valence-electron chi connectivity index (χ0n) is 20.9. The minimum absolute atomic E-state index is 0.0605. The van der Waals surface area contributed by atoms with Crippen LogP contribution in [0.5, 0.6) is 5.75 Å². The number of ether oxygens (including phenoxy) is 1. The van der Waals surface area contributed by atoms with Crippen molar-refractivity contribution in [1.29, 1.82) is 0 Å². The Labute approximate surface area is 223 Å². The Bertz CT molecular complexity index is 1580. The van der Waals surface area contributed by atoms with Gasteiger partial charge in [-0.1, -0.05) is 60.0 Å². The van der Waals surface area contributed by atoms with Crippen molar-refractivity contribution in [3.63, 3.8) is 0 Å². The molecule has 5 rings (SSSR count). The van der Waals surface area contributed by atoms with E-state index in [1.54, 1.807) is 23.5 Å². The molecule has 0 N–H and O–H groups in total. The standard InChI is InChI=1S/C30H29ClN2O3S/c1-3-4-18-32-27-17-14-24(31)20-26(27)29(23-9-6-5-7-10-23)30(32)28-11-8-19-33(28)37(34,35)21-22-12-15-25(36-2)16-13-22/h5-7,9-10,12-17,20,28H,8,11,18-19,21H2,1-2H3. The number of halogens is 1. The van der Waals surface area contributed by atoms with Crippen molar-refractivity contribution < 1.29 is 13.2 Å². The number of rotatable bonds is 7. The van der Waals surface area contributed by atoms with Crippen LogP contribution in [0.2, 0.25) is 5.02 Å². The monoisotopic (exact) mass is 532 g/mol. The Morgan fingerprint density at radius 1 is 1.05 bits per heavy atom. The fourth-order valence-electron chi connectivity index (χ4n) is 5.29. The van der Waals surface area contributed by atoms with E-state index in [0.717, 1.165) is 46.1 Å². The predicted molar refractivity (Wildman–Crippen MR) is 150 cm³/mol. The van der Waals surface area contributed by atoms with E-state index in [9.17, 15) is 8.42 Å². The fourth-order valence-corrected chi connectivity index (χ4v) is 7.24. The SMILES string of the molecule is CC#CCn1c(C2CCCN2S(=O)(=O)Cc2ccc(OC)cc2)c(-c2ccccc2)c2cc(Cl)ccc21. The molecule has 4 aromatic rings. The van der Waals surface area contributed by atoms with E-state index in [0.29, 0.717) is 23.9 Å². The Balaban J connectivity index is 1.66. The van der Waals surface area contributed by atoms with Crippen molar-refractivity contribution >= 4 is 32.5 Å². The molecule has 1 aromatic heterocycles. The van der Waals surface area contributed by atoms with Crippen LogP contribution >= 0.6 is 11.6 Å². The Hall–Kier alpha value is -3.24. The number of fused-ring (bicyclic) bond motifs is 1. The number of sulfonamides is 1. The summed E-state index contributed by atoms with van der Waals surface area (Å²) in [7, 11) is -2.00. The molecule has 1 aliphatic rings. The minimum Gasteiger partial charge on any atom is -0.497 e. The molecule has 5 nitrogen and oxygen atoms in total. The maximum Gasteiger partial charge on any atom is 0.218 e. The molecule has 2 heterocycles. The zero-order chi connectivity index (χ0) is 26.0. The smallest absolute Gasteiger partial charge is 0.218 e. The van der Waals surface area contributed by atoms with Crippen LogP contribution < -0.4 is 4.74 Å². The summed E-state index contributed by atoms with van der Waals surface area (Å²) < 4.78 is 36.7. The van der Waals surface area contributed by atoms with E-state index in [4.69, 9.17) is 16.3 Å². The molecule has 0 saturated carbocycles. The van der Waals surface area contributed by atoms with Gasteiger partial charge in [0.15, 0.2) is 0 Å². The van der Waals surface area contributed by atoms with Crippen LogP contribution in [0.1, 0.15) is 37.1 Å². The number of hydrogen-bond donors (Lipinski definition) is 0. The number of benzene rings is 3. The molecule has 0 bridgehead atoms. The quantitative estimate of drug-likeness (QED) is 0.250. The van der Waals surface area contributed by atoms with Crippen molar-refractivity contribution in [3.05, 3.63) is 89.1 Å². The summed E-state index contributed by atoms with van der Waals surface area (Å²) in [6.07, 6.45) is 1.54. The molecular weight excluding hydrogens is 504 g/mol. The van der Waals surface area contributed by atoms with Crippen LogP contribution in [-0.4, -0.2) is 30.9 Å². The highest BCUT2D eigenvalue weighted by Crippen LogP contribution is 2.45. The van der Waals surface area contributed by atoms with Crippen LogP contribution in [0, 0.1) is 11.8 Å². The lowest BCUT2D eigenvalue weighted by Crippen LogP contribution is -2.33. The number of nitrogens with zero attached hydrogens (tertiary/aromatic N) is 2. The van der Waals surface area contributed by atoms with E-state index < -0.39 is 10.0 Å². The van der Waals surface area contributed by atoms with E-state index in [1.807, 2.05) is 55.5 Å². The predicted octanol–water partition coefficient (Wildman–Crippen LogP) is 6.66. The van der Waals surface area contributed by atoms with E-state index in [1.165, 1.54) is 0 Å². The topological polar surface area (TPSA) is 51.5 Å². The molecule has 1 atom stereocenters. The Morgan fingerprint density at radius 2 is 1.81 bits per heavy atom. The largest absolute Gasteiger partial charge is 0.497 e. The van der Waals surface area contributed by atoms with Crippen LogP contribution in [0.15, 0.2) is 72.8 Å². The molecule has 3 aromatic carbocycles. The normalized spacial score (nSPS) is 16.0. The third-order valence-corrected chi connectivity index (χ3v) is 9.01. The number of methoxy groups -OCH3 is 1. The molecule has 0 spiro atoms. The summed E-state index contributed by atoms with van der Waals surface area (Å²) in [5.74, 6) is 6.85. The second-order valence-electron chi connectivity index (χ2n) is 9.17. The first-order chi connectivity index (χ1) is 17.9. The van der Waals surface area contributed by atoms with Crippen molar-refractivity contribution in [2.45, 2.75) is 38.1 Å². The first-order valence-corrected chi connectivity index (χ1v) is 14.3. The fraction of sp³-hybridized carbons (Fsp3) is 0.267. The highest BCUT2D eigenvalue weighted by atomic mass is 35.5. The lowest BCUT2D eigenvalue weighted by atomic mass is 9.98. The molecule has 1 fully saturated rings. The van der Waals surface area contributed by atoms with Crippen molar-refractivity contribution in [2.75, 3.05) is 13.7 Å². The molecule has 0 aliphatic carbocycles. The molecule has 0 radical (unpaired) electrons. The second kappa shape index (κ2) is 10.6. The van der Waals surface area contributed by atoms with E-state index in [-0.39, 0.29) is 11.8 Å². The van der Waals surface area contributed by atoms with Gasteiger partial charge in [0, 0.05) is 33.7 Å². The van der Waals surface area contributed by atoms with Crippen LogP contribution in [0.3, 0.4) is 0 Å². The van der Waals surface area contributed by atoms with Gasteiger partial charge >= 0.3 is 0 Å². The number of hydrogen-bond acceptors (Lipinski definition) is 3. The molecule has 1 unspecified atom stereocenters. The van der Waals surface area contributed by atoms with Gasteiger partial charge in [0.25, 0.3) is 0 Å². The lowest BCUT2D eigenvalue weighted by molar-refractivity contribution is 0.384. The Morgan fingerprint density at radius 3 is 2.51 bits per heavy atom. The Kier molecular flexibility index (Phi) is 7.30. The second-order valence-corrected chi connectivity index (χ2v) is 11.5. The summed E-state index contributed by atoms with van der Waals surface area (Å²) in [5.41, 5.74) is 4.77. The average Bonchev–Trinajstić information content (AvgIpc) is 3.51. The van der Waals surface area contributed by atoms with Gasteiger partial charge in [-0.15, -0.1) is 5.92 Å². The maximum atomic E-state index is 13.8. The summed E-state index contributed by atoms with van der Waals surface area (Å²) in [6.45, 7) is 2.78. The average molecular weight is 533 g/mol. The molecular formula is C30H29ClN2O3S. The van der Waals surface area contributed by atoms with Crippen LogP contribution in [-0.2, 0) is 22.3 Å². The van der Waals surface area contributed by atoms with E-state index in [2.05, 4.69) is 28.5 Å². The zero-order valence-corrected chi connectivity index (χ0v) is 22.5. The van der Waals surface area contributed by atoms with Crippen molar-refractivity contribution in [2.24, 2.45) is 0 Å². The van der Waals surface area contributed by atoms with Gasteiger partial charge in [0.05, 0.1) is 25.4 Å². The van der Waals surface area contributed by atoms with Gasteiger partial charge in [-0.2, -0.15) is 4.31 Å². The highest BCUT2D eigenvalue weighted by Gasteiger charge is 2.39. The molecule has 1 aliphatic heterocycles. The third-order valence-electron chi connectivity index (χ3n) is 6.93. The van der Waals surface area contributed by atoms with Crippen molar-refractivity contribution in [3.8, 4) is 28.7 Å². The summed E-state index contributed by atoms with van der Waals surface area (Å²) >= 11 is 6.46. The molecule has 0 amide bonds. The molecule has 7 heteroatoms. The highest BCUT2D eigenvalue weighted by molar-refractivity contribution is 7.88. The lowest BCUT2D eigenvalue weighted by Gasteiger charge is -2.27. The van der Waals surface area contributed by atoms with Gasteiger partial charge in [-0.25, -0.2) is 8.42 Å². The van der Waals surface area contributed by atoms with E-state index >= 15 is 0 Å². The first-order valence-electron chi connectivity index (χ1n) is 12.3. The molecule has 190 valence electrons. The van der Waals surface area contributed by atoms with Gasteiger partial charge in [-0.3, -0.25) is 0 Å². The first kappa shape index (κ1) is 25.4. The van der Waals surface area contributed by atoms with Gasteiger partial charge in [0.2, 0.25) is 10.0 Å². The molecule has 1 saturated heterocycles. The van der Waals surface area contributed by atoms with Crippen molar-refractivity contribution in [1.82, 2.24) is 8.87 Å². The summed E-state index contributed by atoms with van der Waals surface area (Å²) in [4.78, 5) is 0. The number of aromatic nitrogens is 1. The van der Waals surface area contributed by atoms with Gasteiger partial charge < -0.3 is 9.30 Å². The van der Waals surface area contributed by atoms with Gasteiger partial charge in [0.1, 0.15) is 5.75 Å². The third kappa shape index (κ3) is 5.00. The summed E-state index contributed by atoms with van der Waals surface area (Å²) in [6, 6.07) is 22.9.